The number of ketones is 1. The number of fused-ring (bicyclic) bond motifs is 1. The molecule has 1 aliphatic heterocycles. The van der Waals surface area contributed by atoms with Gasteiger partial charge >= 0.3 is 0 Å². The number of carbonyl (C=O) groups is 2. The van der Waals surface area contributed by atoms with Crippen molar-refractivity contribution < 1.29 is 19.1 Å². The number of rotatable bonds is 5. The lowest BCUT2D eigenvalue weighted by molar-refractivity contribution is 0.0780. The van der Waals surface area contributed by atoms with E-state index in [2.05, 4.69) is 0 Å². The lowest BCUT2D eigenvalue weighted by Gasteiger charge is -2.22. The van der Waals surface area contributed by atoms with Gasteiger partial charge in [0.25, 0.3) is 5.91 Å². The van der Waals surface area contributed by atoms with Crippen LogP contribution < -0.4 is 9.47 Å². The maximum absolute atomic E-state index is 13.2. The van der Waals surface area contributed by atoms with Crippen molar-refractivity contribution in [2.24, 2.45) is 0 Å². The van der Waals surface area contributed by atoms with E-state index < -0.39 is 0 Å². The molecule has 0 saturated heterocycles. The zero-order valence-corrected chi connectivity index (χ0v) is 17.1. The van der Waals surface area contributed by atoms with Gasteiger partial charge in [0.05, 0.1) is 5.56 Å². The highest BCUT2D eigenvalue weighted by atomic mass is 16.6. The van der Waals surface area contributed by atoms with Crippen LogP contribution in [0.1, 0.15) is 37.4 Å². The first-order valence-corrected chi connectivity index (χ1v) is 9.87. The number of hydrogen-bond acceptors (Lipinski definition) is 4. The second kappa shape index (κ2) is 8.41. The lowest BCUT2D eigenvalue weighted by atomic mass is 9.97. The minimum absolute atomic E-state index is 0.160. The second-order valence-corrected chi connectivity index (χ2v) is 7.38. The highest BCUT2D eigenvalue weighted by Crippen LogP contribution is 2.31. The van der Waals surface area contributed by atoms with Crippen molar-refractivity contribution in [1.82, 2.24) is 4.90 Å². The molecular weight excluding hydrogens is 378 g/mol. The number of amides is 1. The van der Waals surface area contributed by atoms with Crippen LogP contribution in [-0.4, -0.2) is 36.9 Å². The largest absolute Gasteiger partial charge is 0.486 e. The molecule has 4 rings (SSSR count). The fourth-order valence-corrected chi connectivity index (χ4v) is 3.47. The molecule has 1 heterocycles. The zero-order valence-electron chi connectivity index (χ0n) is 17.1. The van der Waals surface area contributed by atoms with Crippen LogP contribution in [-0.2, 0) is 6.54 Å². The van der Waals surface area contributed by atoms with Gasteiger partial charge in [-0.15, -0.1) is 0 Å². The summed E-state index contributed by atoms with van der Waals surface area (Å²) in [6, 6.07) is 20.0. The van der Waals surface area contributed by atoms with Crippen molar-refractivity contribution in [2.75, 3.05) is 20.3 Å². The van der Waals surface area contributed by atoms with E-state index >= 15 is 0 Å². The van der Waals surface area contributed by atoms with E-state index in [-0.39, 0.29) is 11.7 Å². The molecule has 152 valence electrons. The maximum atomic E-state index is 13.2. The van der Waals surface area contributed by atoms with Gasteiger partial charge in [0.1, 0.15) is 13.2 Å². The molecule has 0 saturated carbocycles. The highest BCUT2D eigenvalue weighted by Gasteiger charge is 2.21. The molecule has 0 unspecified atom stereocenters. The topological polar surface area (TPSA) is 55.8 Å². The van der Waals surface area contributed by atoms with E-state index in [1.807, 2.05) is 37.3 Å². The van der Waals surface area contributed by atoms with E-state index in [1.54, 1.807) is 48.3 Å². The van der Waals surface area contributed by atoms with E-state index in [1.165, 1.54) is 0 Å². The first-order valence-electron chi connectivity index (χ1n) is 9.87. The quantitative estimate of drug-likeness (QED) is 0.599. The smallest absolute Gasteiger partial charge is 0.254 e. The molecule has 0 atom stereocenters. The van der Waals surface area contributed by atoms with E-state index in [9.17, 15) is 9.59 Å². The summed E-state index contributed by atoms with van der Waals surface area (Å²) in [6.07, 6.45) is 0. The molecule has 0 bridgehead atoms. The van der Waals surface area contributed by atoms with Crippen LogP contribution in [0, 0.1) is 6.92 Å². The molecule has 1 aliphatic rings. The predicted octanol–water partition coefficient (Wildman–Crippen LogP) is 4.27. The average Bonchev–Trinajstić information content (AvgIpc) is 2.78. The molecule has 1 amide bonds. The number of ether oxygens (including phenoxy) is 2. The van der Waals surface area contributed by atoms with Gasteiger partial charge in [-0.3, -0.25) is 9.59 Å². The Morgan fingerprint density at radius 1 is 0.867 bits per heavy atom. The number of carbonyl (C=O) groups excluding carboxylic acids is 2. The number of benzene rings is 3. The van der Waals surface area contributed by atoms with Crippen molar-refractivity contribution in [1.29, 1.82) is 0 Å². The molecule has 5 nitrogen and oxygen atoms in total. The van der Waals surface area contributed by atoms with Crippen molar-refractivity contribution >= 4 is 11.7 Å². The second-order valence-electron chi connectivity index (χ2n) is 7.38. The van der Waals surface area contributed by atoms with Gasteiger partial charge in [-0.2, -0.15) is 0 Å². The summed E-state index contributed by atoms with van der Waals surface area (Å²) in [5.74, 6) is 1.04. The van der Waals surface area contributed by atoms with Crippen molar-refractivity contribution in [2.45, 2.75) is 13.5 Å². The Labute approximate surface area is 175 Å². The van der Waals surface area contributed by atoms with Gasteiger partial charge in [0.15, 0.2) is 17.3 Å². The molecule has 0 aliphatic carbocycles. The van der Waals surface area contributed by atoms with Crippen LogP contribution in [0.25, 0.3) is 0 Å². The molecule has 5 heteroatoms. The van der Waals surface area contributed by atoms with Gasteiger partial charge in [-0.25, -0.2) is 0 Å². The van der Waals surface area contributed by atoms with Crippen molar-refractivity contribution in [3.63, 3.8) is 0 Å². The fourth-order valence-electron chi connectivity index (χ4n) is 3.47. The van der Waals surface area contributed by atoms with Crippen molar-refractivity contribution in [3.8, 4) is 11.5 Å². The van der Waals surface area contributed by atoms with E-state index in [4.69, 9.17) is 9.47 Å². The summed E-state index contributed by atoms with van der Waals surface area (Å²) >= 11 is 0. The lowest BCUT2D eigenvalue weighted by Crippen LogP contribution is -2.28. The summed E-state index contributed by atoms with van der Waals surface area (Å²) < 4.78 is 11.2. The molecule has 30 heavy (non-hydrogen) atoms. The van der Waals surface area contributed by atoms with Crippen LogP contribution in [0.2, 0.25) is 0 Å². The summed E-state index contributed by atoms with van der Waals surface area (Å²) in [5, 5.41) is 0. The minimum Gasteiger partial charge on any atom is -0.486 e. The third-order valence-corrected chi connectivity index (χ3v) is 5.09. The number of aryl methyl sites for hydroxylation is 1. The molecule has 3 aromatic carbocycles. The normalized spacial score (nSPS) is 12.3. The SMILES string of the molecule is Cc1ccc(C(=O)c2ccccc2C(=O)N(C)Cc2ccc3c(c2)OCCO3)cc1. The monoisotopic (exact) mass is 401 g/mol. The molecule has 0 N–H and O–H groups in total. The molecule has 0 fully saturated rings. The van der Waals surface area contributed by atoms with Gasteiger partial charge in [0, 0.05) is 24.7 Å². The fraction of sp³-hybridized carbons (Fsp3) is 0.200. The third kappa shape index (κ3) is 4.06. The Balaban J connectivity index is 1.56. The van der Waals surface area contributed by atoms with Gasteiger partial charge in [-0.05, 0) is 30.7 Å². The Bertz CT molecular complexity index is 1090. The van der Waals surface area contributed by atoms with E-state index in [0.717, 1.165) is 11.1 Å². The molecule has 0 spiro atoms. The zero-order chi connectivity index (χ0) is 21.1. The molecule has 0 radical (unpaired) electrons. The number of hydrogen-bond donors (Lipinski definition) is 0. The Morgan fingerprint density at radius 3 is 2.27 bits per heavy atom. The van der Waals surface area contributed by atoms with Gasteiger partial charge in [0.2, 0.25) is 0 Å². The average molecular weight is 401 g/mol. The first kappa shape index (κ1) is 19.7. The standard InChI is InChI=1S/C25H23NO4/c1-17-7-10-19(11-8-17)24(27)20-5-3-4-6-21(20)25(28)26(2)16-18-9-12-22-23(15-18)30-14-13-29-22/h3-12,15H,13-14,16H2,1-2H3. The van der Waals surface area contributed by atoms with Crippen LogP contribution in [0.5, 0.6) is 11.5 Å². The summed E-state index contributed by atoms with van der Waals surface area (Å²) in [6.45, 7) is 3.41. The Hall–Kier alpha value is -3.60. The van der Waals surface area contributed by atoms with Crippen molar-refractivity contribution in [3.05, 3.63) is 94.5 Å². The van der Waals surface area contributed by atoms with Crippen LogP contribution in [0.4, 0.5) is 0 Å². The molecule has 0 aromatic heterocycles. The van der Waals surface area contributed by atoms with Crippen LogP contribution >= 0.6 is 0 Å². The van der Waals surface area contributed by atoms with Crippen LogP contribution in [0.3, 0.4) is 0 Å². The number of nitrogens with zero attached hydrogens (tertiary/aromatic N) is 1. The third-order valence-electron chi connectivity index (χ3n) is 5.09. The predicted molar refractivity (Wildman–Crippen MR) is 114 cm³/mol. The van der Waals surface area contributed by atoms with Crippen LogP contribution in [0.15, 0.2) is 66.7 Å². The van der Waals surface area contributed by atoms with E-state index in [0.29, 0.717) is 47.9 Å². The van der Waals surface area contributed by atoms with Gasteiger partial charge < -0.3 is 14.4 Å². The maximum Gasteiger partial charge on any atom is 0.254 e. The Morgan fingerprint density at radius 2 is 1.53 bits per heavy atom. The minimum atomic E-state index is -0.207. The first-order chi connectivity index (χ1) is 14.5. The summed E-state index contributed by atoms with van der Waals surface area (Å²) in [5.41, 5.74) is 3.37. The summed E-state index contributed by atoms with van der Waals surface area (Å²) in [4.78, 5) is 27.8. The summed E-state index contributed by atoms with van der Waals surface area (Å²) in [7, 11) is 1.73. The van der Waals surface area contributed by atoms with Gasteiger partial charge in [-0.1, -0.05) is 54.1 Å². The molecule has 3 aromatic rings. The molecular formula is C25H23NO4. The Kier molecular flexibility index (Phi) is 5.53. The highest BCUT2D eigenvalue weighted by molar-refractivity contribution is 6.15.